The Kier molecular flexibility index (Phi) is 8.51. The summed E-state index contributed by atoms with van der Waals surface area (Å²) >= 11 is 14.0. The molecule has 0 atom stereocenters. The second-order valence-electron chi connectivity index (χ2n) is 7.83. The lowest BCUT2D eigenvalue weighted by Gasteiger charge is -2.13. The monoisotopic (exact) mass is 539 g/mol. The van der Waals surface area contributed by atoms with Crippen LogP contribution in [0.5, 0.6) is 0 Å². The van der Waals surface area contributed by atoms with E-state index in [1.54, 1.807) is 17.0 Å². The molecule has 1 N–H and O–H groups in total. The molecule has 0 spiro atoms. The van der Waals surface area contributed by atoms with E-state index in [0.717, 1.165) is 22.4 Å². The predicted molar refractivity (Wildman–Crippen MR) is 151 cm³/mol. The molecule has 3 aromatic rings. The number of thiazole rings is 1. The molecule has 0 radical (unpaired) electrons. The number of thioether (sulfide) groups is 1. The van der Waals surface area contributed by atoms with E-state index in [0.29, 0.717) is 32.3 Å². The standard InChI is InChI=1S/C26H22ClN3O2S3/c1-17(14-18-6-3-2-4-7-18)15-22-24(32)30(26(33)35-22)13-5-8-23(31)29-25-28-21(16-34-25)19-9-11-20(27)12-10-19/h2-4,6-7,9-12,14-16H,5,8,13H2,1H3,(H,28,29,31). The van der Waals surface area contributed by atoms with Crippen molar-refractivity contribution in [3.63, 3.8) is 0 Å². The van der Waals surface area contributed by atoms with Crippen LogP contribution in [0.2, 0.25) is 5.02 Å². The molecule has 0 unspecified atom stereocenters. The zero-order valence-corrected chi connectivity index (χ0v) is 22.1. The third-order valence-corrected chi connectivity index (χ3v) is 7.49. The first-order valence-electron chi connectivity index (χ1n) is 10.9. The largest absolute Gasteiger partial charge is 0.302 e. The first-order valence-corrected chi connectivity index (χ1v) is 13.4. The van der Waals surface area contributed by atoms with E-state index in [2.05, 4.69) is 10.3 Å². The van der Waals surface area contributed by atoms with Crippen LogP contribution in [0.3, 0.4) is 0 Å². The summed E-state index contributed by atoms with van der Waals surface area (Å²) in [6, 6.07) is 17.3. The van der Waals surface area contributed by atoms with Crippen molar-refractivity contribution in [1.82, 2.24) is 9.88 Å². The van der Waals surface area contributed by atoms with E-state index in [1.165, 1.54) is 23.1 Å². The van der Waals surface area contributed by atoms with Crippen LogP contribution in [-0.4, -0.2) is 32.6 Å². The van der Waals surface area contributed by atoms with Crippen molar-refractivity contribution in [3.8, 4) is 11.3 Å². The number of allylic oxidation sites excluding steroid dienone is 2. The van der Waals surface area contributed by atoms with Gasteiger partial charge in [-0.25, -0.2) is 4.98 Å². The number of carbonyl (C=O) groups excluding carboxylic acids is 2. The number of anilines is 1. The van der Waals surface area contributed by atoms with Crippen molar-refractivity contribution in [2.75, 3.05) is 11.9 Å². The van der Waals surface area contributed by atoms with Crippen molar-refractivity contribution < 1.29 is 9.59 Å². The molecule has 1 aliphatic heterocycles. The molecule has 2 aromatic carbocycles. The number of hydrogen-bond donors (Lipinski definition) is 1. The van der Waals surface area contributed by atoms with E-state index in [-0.39, 0.29) is 18.2 Å². The van der Waals surface area contributed by atoms with Gasteiger partial charge in [0, 0.05) is 28.9 Å². The summed E-state index contributed by atoms with van der Waals surface area (Å²) in [6.45, 7) is 2.35. The maximum absolute atomic E-state index is 12.8. The maximum Gasteiger partial charge on any atom is 0.266 e. The van der Waals surface area contributed by atoms with Gasteiger partial charge < -0.3 is 5.32 Å². The molecule has 9 heteroatoms. The van der Waals surface area contributed by atoms with Crippen LogP contribution in [0.1, 0.15) is 25.3 Å². The van der Waals surface area contributed by atoms with Crippen molar-refractivity contribution in [2.45, 2.75) is 19.8 Å². The smallest absolute Gasteiger partial charge is 0.266 e. The fraction of sp³-hybridized carbons (Fsp3) is 0.154. The Hall–Kier alpha value is -2.78. The van der Waals surface area contributed by atoms with Crippen LogP contribution in [0.25, 0.3) is 17.3 Å². The summed E-state index contributed by atoms with van der Waals surface area (Å²) in [5.74, 6) is -0.265. The van der Waals surface area contributed by atoms with Gasteiger partial charge in [-0.05, 0) is 42.7 Å². The van der Waals surface area contributed by atoms with E-state index in [4.69, 9.17) is 23.8 Å². The molecule has 1 fully saturated rings. The number of nitrogens with one attached hydrogen (secondary N) is 1. The van der Waals surface area contributed by atoms with Crippen LogP contribution in [0.15, 0.2) is 76.5 Å². The third-order valence-electron chi connectivity index (χ3n) is 5.10. The van der Waals surface area contributed by atoms with E-state index in [1.807, 2.05) is 66.9 Å². The van der Waals surface area contributed by atoms with Gasteiger partial charge in [0.15, 0.2) is 5.13 Å². The second-order valence-corrected chi connectivity index (χ2v) is 10.8. The number of amides is 2. The summed E-state index contributed by atoms with van der Waals surface area (Å²) in [5.41, 5.74) is 3.76. The van der Waals surface area contributed by atoms with Crippen LogP contribution >= 0.6 is 46.9 Å². The van der Waals surface area contributed by atoms with Gasteiger partial charge in [-0.3, -0.25) is 14.5 Å². The molecule has 2 heterocycles. The number of thiocarbonyl (C=S) groups is 1. The Bertz CT molecular complexity index is 1300. The summed E-state index contributed by atoms with van der Waals surface area (Å²) in [6.07, 6.45) is 4.65. The minimum Gasteiger partial charge on any atom is -0.302 e. The number of carbonyl (C=O) groups is 2. The quantitative estimate of drug-likeness (QED) is 0.246. The summed E-state index contributed by atoms with van der Waals surface area (Å²) in [7, 11) is 0. The highest BCUT2D eigenvalue weighted by Gasteiger charge is 2.31. The second kappa shape index (κ2) is 11.8. The Morgan fingerprint density at radius 3 is 2.66 bits per heavy atom. The molecule has 0 saturated carbocycles. The zero-order chi connectivity index (χ0) is 24.8. The van der Waals surface area contributed by atoms with Crippen LogP contribution < -0.4 is 5.32 Å². The van der Waals surface area contributed by atoms with Crippen LogP contribution in [0, 0.1) is 0 Å². The summed E-state index contributed by atoms with van der Waals surface area (Å²) < 4.78 is 0.515. The third kappa shape index (κ3) is 6.89. The summed E-state index contributed by atoms with van der Waals surface area (Å²) in [4.78, 5) is 31.9. The minimum absolute atomic E-state index is 0.117. The van der Waals surface area contributed by atoms with E-state index in [9.17, 15) is 9.59 Å². The topological polar surface area (TPSA) is 62.3 Å². The average molecular weight is 540 g/mol. The highest BCUT2D eigenvalue weighted by molar-refractivity contribution is 8.26. The number of rotatable bonds is 8. The number of nitrogens with zero attached hydrogens (tertiary/aromatic N) is 2. The lowest BCUT2D eigenvalue weighted by molar-refractivity contribution is -0.122. The summed E-state index contributed by atoms with van der Waals surface area (Å²) in [5, 5.41) is 5.92. The van der Waals surface area contributed by atoms with Crippen molar-refractivity contribution in [1.29, 1.82) is 0 Å². The molecule has 4 rings (SSSR count). The molecule has 178 valence electrons. The number of benzene rings is 2. The van der Waals surface area contributed by atoms with Gasteiger partial charge >= 0.3 is 0 Å². The van der Waals surface area contributed by atoms with Crippen molar-refractivity contribution >= 4 is 74.3 Å². The first-order chi connectivity index (χ1) is 16.9. The molecule has 2 amide bonds. The molecule has 1 saturated heterocycles. The predicted octanol–water partition coefficient (Wildman–Crippen LogP) is 7.03. The molecule has 35 heavy (non-hydrogen) atoms. The SMILES string of the molecule is CC(=Cc1ccccc1)C=C1SC(=S)N(CCCC(=O)Nc2nc(-c3ccc(Cl)cc3)cs2)C1=O. The maximum atomic E-state index is 12.8. The van der Waals surface area contributed by atoms with Crippen molar-refractivity contribution in [2.24, 2.45) is 0 Å². The average Bonchev–Trinajstić information content (AvgIpc) is 3.40. The van der Waals surface area contributed by atoms with Gasteiger partial charge in [0.2, 0.25) is 5.91 Å². The van der Waals surface area contributed by atoms with Gasteiger partial charge in [0.1, 0.15) is 4.32 Å². The van der Waals surface area contributed by atoms with Gasteiger partial charge in [-0.2, -0.15) is 0 Å². The Balaban J connectivity index is 1.28. The van der Waals surface area contributed by atoms with Crippen LogP contribution in [-0.2, 0) is 9.59 Å². The normalized spacial score (nSPS) is 15.2. The minimum atomic E-state index is -0.148. The molecule has 0 aliphatic carbocycles. The molecule has 0 bridgehead atoms. The first kappa shape index (κ1) is 25.3. The van der Waals surface area contributed by atoms with Gasteiger partial charge in [0.25, 0.3) is 5.91 Å². The van der Waals surface area contributed by atoms with E-state index < -0.39 is 0 Å². The Morgan fingerprint density at radius 1 is 1.17 bits per heavy atom. The highest BCUT2D eigenvalue weighted by Crippen LogP contribution is 2.32. The molecule has 1 aromatic heterocycles. The lowest BCUT2D eigenvalue weighted by Crippen LogP contribution is -2.29. The fourth-order valence-electron chi connectivity index (χ4n) is 3.42. The molecule has 5 nitrogen and oxygen atoms in total. The number of aromatic nitrogens is 1. The fourth-order valence-corrected chi connectivity index (χ4v) is 5.64. The zero-order valence-electron chi connectivity index (χ0n) is 18.9. The van der Waals surface area contributed by atoms with Gasteiger partial charge in [-0.15, -0.1) is 11.3 Å². The lowest BCUT2D eigenvalue weighted by atomic mass is 10.1. The highest BCUT2D eigenvalue weighted by atomic mass is 35.5. The number of halogens is 1. The number of hydrogen-bond acceptors (Lipinski definition) is 6. The Labute approximate surface area is 222 Å². The molecular weight excluding hydrogens is 518 g/mol. The molecule has 1 aliphatic rings. The van der Waals surface area contributed by atoms with E-state index >= 15 is 0 Å². The van der Waals surface area contributed by atoms with Crippen molar-refractivity contribution in [3.05, 3.63) is 87.1 Å². The van der Waals surface area contributed by atoms with Gasteiger partial charge in [-0.1, -0.05) is 84.1 Å². The Morgan fingerprint density at radius 2 is 1.91 bits per heavy atom. The van der Waals surface area contributed by atoms with Crippen LogP contribution in [0.4, 0.5) is 5.13 Å². The van der Waals surface area contributed by atoms with Gasteiger partial charge in [0.05, 0.1) is 10.6 Å². The molecular formula is C26H22ClN3O2S3.